The summed E-state index contributed by atoms with van der Waals surface area (Å²) < 4.78 is 21.1. The Balaban J connectivity index is 1.89. The predicted molar refractivity (Wildman–Crippen MR) is 147 cm³/mol. The van der Waals surface area contributed by atoms with Gasteiger partial charge in [-0.1, -0.05) is 39.3 Å². The maximum Gasteiger partial charge on any atom is 0.263 e. The molecule has 0 saturated heterocycles. The molecule has 2 heterocycles. The van der Waals surface area contributed by atoms with E-state index in [1.165, 1.54) is 10.9 Å². The van der Waals surface area contributed by atoms with E-state index in [9.17, 15) is 4.79 Å². The fraction of sp³-hybridized carbons (Fsp3) is 0.560. The molecule has 0 spiro atoms. The van der Waals surface area contributed by atoms with Crippen molar-refractivity contribution in [1.29, 1.82) is 0 Å². The average molecular weight is 517 g/mol. The first-order valence-electron chi connectivity index (χ1n) is 12.2. The van der Waals surface area contributed by atoms with Gasteiger partial charge in [0.05, 0.1) is 17.3 Å². The largest absolute Gasteiger partial charge is 0.465 e. The van der Waals surface area contributed by atoms with Crippen LogP contribution in [-0.4, -0.2) is 55.3 Å². The maximum absolute atomic E-state index is 13.4. The van der Waals surface area contributed by atoms with Crippen LogP contribution in [0, 0.1) is 6.92 Å². The number of imidazole rings is 1. The fourth-order valence-electron chi connectivity index (χ4n) is 3.44. The molecule has 1 aromatic carbocycles. The second-order valence-corrected chi connectivity index (χ2v) is 22.7. The molecule has 2 aromatic heterocycles. The van der Waals surface area contributed by atoms with E-state index in [-0.39, 0.29) is 19.1 Å². The number of rotatable bonds is 12. The molecule has 0 aliphatic rings. The van der Waals surface area contributed by atoms with Gasteiger partial charge in [0.25, 0.3) is 5.56 Å². The van der Waals surface area contributed by atoms with Crippen LogP contribution in [0.3, 0.4) is 0 Å². The number of hydrogen-bond donors (Lipinski definition) is 0. The highest BCUT2D eigenvalue weighted by atomic mass is 28.3. The Bertz CT molecular complexity index is 1210. The van der Waals surface area contributed by atoms with Crippen molar-refractivity contribution in [3.8, 4) is 17.0 Å². The topological polar surface area (TPSA) is 80.4 Å². The third-order valence-corrected chi connectivity index (χ3v) is 9.34. The van der Waals surface area contributed by atoms with Gasteiger partial charge in [0.2, 0.25) is 0 Å². The number of nitrogens with zero attached hydrogens (tertiary/aromatic N) is 4. The Morgan fingerprint density at radius 3 is 2.20 bits per heavy atom. The lowest BCUT2D eigenvalue weighted by molar-refractivity contribution is 0.0228. The molecular formula is C25H40N4O4Si2. The highest BCUT2D eigenvalue weighted by molar-refractivity contribution is 6.76. The van der Waals surface area contributed by atoms with Gasteiger partial charge in [-0.2, -0.15) is 0 Å². The summed E-state index contributed by atoms with van der Waals surface area (Å²) >= 11 is 0. The minimum absolute atomic E-state index is 0.109. The highest BCUT2D eigenvalue weighted by Crippen LogP contribution is 2.30. The van der Waals surface area contributed by atoms with Crippen LogP contribution in [0.15, 0.2) is 29.5 Å². The van der Waals surface area contributed by atoms with E-state index in [4.69, 9.17) is 14.2 Å². The molecule has 10 heteroatoms. The second-order valence-electron chi connectivity index (χ2n) is 11.5. The molecule has 0 unspecified atom stereocenters. The van der Waals surface area contributed by atoms with Gasteiger partial charge in [0.1, 0.15) is 30.1 Å². The number of aromatic nitrogens is 4. The van der Waals surface area contributed by atoms with Crippen LogP contribution in [0.1, 0.15) is 5.82 Å². The lowest BCUT2D eigenvalue weighted by Gasteiger charge is -2.17. The summed E-state index contributed by atoms with van der Waals surface area (Å²) in [7, 11) is -0.428. The van der Waals surface area contributed by atoms with Gasteiger partial charge in [-0.05, 0) is 31.1 Å². The Labute approximate surface area is 210 Å². The molecule has 3 rings (SSSR count). The van der Waals surface area contributed by atoms with E-state index in [2.05, 4.69) is 49.3 Å². The predicted octanol–water partition coefficient (Wildman–Crippen LogP) is 5.11. The SMILES string of the molecule is Cc1ncc(-c2cc(OCOCC[Si](C)(C)C)c3ncn(COCC[Si](C)(C)C)c(=O)c3c2)n1C. The lowest BCUT2D eigenvalue weighted by Crippen LogP contribution is -2.25. The van der Waals surface area contributed by atoms with Crippen LogP contribution in [0.25, 0.3) is 22.2 Å². The van der Waals surface area contributed by atoms with E-state index < -0.39 is 16.1 Å². The molecule has 0 bridgehead atoms. The van der Waals surface area contributed by atoms with Crippen LogP contribution >= 0.6 is 0 Å². The molecule has 0 aliphatic carbocycles. The molecule has 0 N–H and O–H groups in total. The van der Waals surface area contributed by atoms with Crippen molar-refractivity contribution in [1.82, 2.24) is 19.1 Å². The minimum Gasteiger partial charge on any atom is -0.465 e. The average Bonchev–Trinajstić information content (AvgIpc) is 3.09. The molecular weight excluding hydrogens is 476 g/mol. The molecule has 0 saturated carbocycles. The van der Waals surface area contributed by atoms with E-state index in [0.717, 1.165) is 29.2 Å². The summed E-state index contributed by atoms with van der Waals surface area (Å²) in [5, 5.41) is 0.481. The number of aryl methyl sites for hydroxylation is 1. The molecule has 0 aliphatic heterocycles. The molecule has 0 radical (unpaired) electrons. The molecule has 0 atom stereocenters. The van der Waals surface area contributed by atoms with Crippen LogP contribution in [0.5, 0.6) is 5.75 Å². The van der Waals surface area contributed by atoms with Crippen molar-refractivity contribution in [2.24, 2.45) is 7.05 Å². The number of hydrogen-bond acceptors (Lipinski definition) is 6. The molecule has 0 amide bonds. The number of fused-ring (bicyclic) bond motifs is 1. The molecule has 35 heavy (non-hydrogen) atoms. The molecule has 192 valence electrons. The smallest absolute Gasteiger partial charge is 0.263 e. The standard InChI is InChI=1S/C25H40N4O4Si2/c1-19-26-15-22(28(19)2)20-13-21-24(23(14-20)33-18-32-10-12-35(6,7)8)27-16-29(25(21)30)17-31-9-11-34(3,4)5/h13-16H,9-12,17-18H2,1-8H3. The molecule has 0 fully saturated rings. The zero-order valence-corrected chi connectivity index (χ0v) is 24.5. The van der Waals surface area contributed by atoms with Crippen molar-refractivity contribution in [2.45, 2.75) is 65.0 Å². The first-order chi connectivity index (χ1) is 16.4. The third kappa shape index (κ3) is 7.60. The summed E-state index contributed by atoms with van der Waals surface area (Å²) in [6, 6.07) is 5.87. The first-order valence-corrected chi connectivity index (χ1v) is 19.6. The van der Waals surface area contributed by atoms with Gasteiger partial charge < -0.3 is 18.8 Å². The Hall–Kier alpha value is -2.28. The van der Waals surface area contributed by atoms with E-state index in [1.807, 2.05) is 30.7 Å². The monoisotopic (exact) mass is 516 g/mol. The van der Waals surface area contributed by atoms with Gasteiger partial charge in [-0.25, -0.2) is 9.97 Å². The van der Waals surface area contributed by atoms with E-state index in [0.29, 0.717) is 29.9 Å². The number of ether oxygens (including phenoxy) is 3. The quantitative estimate of drug-likeness (QED) is 0.189. The zero-order chi connectivity index (χ0) is 25.8. The normalized spacial score (nSPS) is 12.5. The van der Waals surface area contributed by atoms with Crippen molar-refractivity contribution in [3.05, 3.63) is 40.8 Å². The molecule has 3 aromatic rings. The minimum atomic E-state index is -1.20. The summed E-state index contributed by atoms with van der Waals surface area (Å²) in [6.45, 7) is 17.4. The Morgan fingerprint density at radius 2 is 1.60 bits per heavy atom. The van der Waals surface area contributed by atoms with Crippen LogP contribution < -0.4 is 10.3 Å². The summed E-state index contributed by atoms with van der Waals surface area (Å²) in [5.41, 5.74) is 2.10. The zero-order valence-electron chi connectivity index (χ0n) is 22.5. The van der Waals surface area contributed by atoms with E-state index >= 15 is 0 Å². The van der Waals surface area contributed by atoms with Crippen molar-refractivity contribution < 1.29 is 14.2 Å². The number of benzene rings is 1. The highest BCUT2D eigenvalue weighted by Gasteiger charge is 2.17. The van der Waals surface area contributed by atoms with Gasteiger partial charge in [-0.15, -0.1) is 0 Å². The maximum atomic E-state index is 13.4. The Kier molecular flexibility index (Phi) is 8.74. The van der Waals surface area contributed by atoms with Crippen LogP contribution in [-0.2, 0) is 23.3 Å². The van der Waals surface area contributed by atoms with Gasteiger partial charge >= 0.3 is 0 Å². The van der Waals surface area contributed by atoms with Gasteiger partial charge in [-0.3, -0.25) is 9.36 Å². The fourth-order valence-corrected chi connectivity index (χ4v) is 4.96. The summed E-state index contributed by atoms with van der Waals surface area (Å²) in [5.74, 6) is 1.41. The van der Waals surface area contributed by atoms with Crippen molar-refractivity contribution in [2.75, 3.05) is 20.0 Å². The van der Waals surface area contributed by atoms with Crippen molar-refractivity contribution in [3.63, 3.8) is 0 Å². The van der Waals surface area contributed by atoms with Crippen LogP contribution in [0.4, 0.5) is 0 Å². The van der Waals surface area contributed by atoms with Gasteiger partial charge in [0, 0.05) is 42.0 Å². The molecule has 8 nitrogen and oxygen atoms in total. The third-order valence-electron chi connectivity index (χ3n) is 5.93. The van der Waals surface area contributed by atoms with Crippen molar-refractivity contribution >= 4 is 27.1 Å². The van der Waals surface area contributed by atoms with E-state index in [1.54, 1.807) is 6.20 Å². The summed E-state index contributed by atoms with van der Waals surface area (Å²) in [6.07, 6.45) is 3.34. The second kappa shape index (κ2) is 11.2. The first kappa shape index (κ1) is 27.3. The summed E-state index contributed by atoms with van der Waals surface area (Å²) in [4.78, 5) is 22.4. The lowest BCUT2D eigenvalue weighted by atomic mass is 10.1. The Morgan fingerprint density at radius 1 is 0.943 bits per heavy atom. The van der Waals surface area contributed by atoms with Gasteiger partial charge in [0.15, 0.2) is 6.79 Å². The van der Waals surface area contributed by atoms with Crippen LogP contribution in [0.2, 0.25) is 51.4 Å².